The molecule has 1 amide bonds. The van der Waals surface area contributed by atoms with Crippen LogP contribution in [0.1, 0.15) is 29.9 Å². The number of alkyl halides is 3. The quantitative estimate of drug-likeness (QED) is 0.766. The number of nitrogens with one attached hydrogen (secondary N) is 1. The second kappa shape index (κ2) is 7.92. The van der Waals surface area contributed by atoms with Crippen LogP contribution < -0.4 is 5.32 Å². The highest BCUT2D eigenvalue weighted by Gasteiger charge is 2.41. The lowest BCUT2D eigenvalue weighted by Crippen LogP contribution is -2.46. The van der Waals surface area contributed by atoms with Crippen LogP contribution in [0, 0.1) is 0 Å². The number of hydrogen-bond donors (Lipinski definition) is 2. The van der Waals surface area contributed by atoms with Crippen molar-refractivity contribution in [3.8, 4) is 11.1 Å². The fraction of sp³-hybridized carbons (Fsp3) is 0.300. The Morgan fingerprint density at radius 3 is 2.07 bits per heavy atom. The lowest BCUT2D eigenvalue weighted by Gasteiger charge is -2.21. The molecule has 1 atom stereocenters. The third kappa shape index (κ3) is 4.27. The van der Waals surface area contributed by atoms with Gasteiger partial charge in [-0.25, -0.2) is 4.79 Å². The van der Waals surface area contributed by atoms with E-state index in [2.05, 4.69) is 0 Å². The molecule has 0 saturated heterocycles. The second-order valence-corrected chi connectivity index (χ2v) is 6.50. The predicted octanol–water partition coefficient (Wildman–Crippen LogP) is 4.32. The fourth-order valence-electron chi connectivity index (χ4n) is 3.37. The summed E-state index contributed by atoms with van der Waals surface area (Å²) in [5.74, 6) is -1.65. The van der Waals surface area contributed by atoms with Crippen LogP contribution in [0.4, 0.5) is 18.0 Å². The summed E-state index contributed by atoms with van der Waals surface area (Å²) >= 11 is 0. The first kappa shape index (κ1) is 19.7. The third-order valence-electron chi connectivity index (χ3n) is 4.68. The van der Waals surface area contributed by atoms with Gasteiger partial charge in [-0.3, -0.25) is 4.79 Å². The van der Waals surface area contributed by atoms with Crippen LogP contribution in [0.5, 0.6) is 0 Å². The number of benzene rings is 2. The molecular weight excluding hydrogens is 375 g/mol. The number of aliphatic carboxylic acids is 1. The number of carbonyl (C=O) groups is 2. The summed E-state index contributed by atoms with van der Waals surface area (Å²) in [5, 5.41) is 10.3. The zero-order valence-corrected chi connectivity index (χ0v) is 14.7. The molecule has 2 aromatic carbocycles. The molecule has 0 saturated carbocycles. The van der Waals surface area contributed by atoms with Crippen molar-refractivity contribution < 1.29 is 32.6 Å². The van der Waals surface area contributed by atoms with Crippen LogP contribution in [0.3, 0.4) is 0 Å². The Balaban J connectivity index is 1.68. The average molecular weight is 393 g/mol. The molecule has 0 aromatic heterocycles. The van der Waals surface area contributed by atoms with E-state index in [1.807, 2.05) is 48.5 Å². The smallest absolute Gasteiger partial charge is 0.408 e. The summed E-state index contributed by atoms with van der Waals surface area (Å²) in [6.45, 7) is -0.122. The largest absolute Gasteiger partial charge is 0.481 e. The van der Waals surface area contributed by atoms with E-state index in [9.17, 15) is 22.8 Å². The van der Waals surface area contributed by atoms with E-state index in [1.165, 1.54) is 0 Å². The van der Waals surface area contributed by atoms with Gasteiger partial charge in [0.15, 0.2) is 0 Å². The van der Waals surface area contributed by atoms with Gasteiger partial charge in [-0.1, -0.05) is 48.5 Å². The van der Waals surface area contributed by atoms with Crippen molar-refractivity contribution in [2.75, 3.05) is 6.61 Å². The molecule has 28 heavy (non-hydrogen) atoms. The van der Waals surface area contributed by atoms with Gasteiger partial charge in [-0.05, 0) is 28.7 Å². The Kier molecular flexibility index (Phi) is 5.58. The number of amides is 1. The Labute approximate surface area is 159 Å². The number of hydrogen-bond acceptors (Lipinski definition) is 3. The maximum atomic E-state index is 13.0. The van der Waals surface area contributed by atoms with Crippen molar-refractivity contribution >= 4 is 12.1 Å². The summed E-state index contributed by atoms with van der Waals surface area (Å²) < 4.78 is 44.1. The predicted molar refractivity (Wildman–Crippen MR) is 94.9 cm³/mol. The first-order valence-electron chi connectivity index (χ1n) is 8.67. The highest BCUT2D eigenvalue weighted by Crippen LogP contribution is 2.44. The van der Waals surface area contributed by atoms with Gasteiger partial charge in [0.2, 0.25) is 0 Å². The van der Waals surface area contributed by atoms with E-state index in [1.54, 1.807) is 5.32 Å². The van der Waals surface area contributed by atoms with Gasteiger partial charge in [0, 0.05) is 12.3 Å². The van der Waals surface area contributed by atoms with Crippen LogP contribution in [0.15, 0.2) is 48.5 Å². The number of alkyl carbamates (subject to hydrolysis) is 1. The van der Waals surface area contributed by atoms with Crippen molar-refractivity contribution in [3.63, 3.8) is 0 Å². The van der Waals surface area contributed by atoms with Gasteiger partial charge < -0.3 is 15.2 Å². The minimum atomic E-state index is -4.76. The first-order valence-corrected chi connectivity index (χ1v) is 8.67. The molecule has 148 valence electrons. The fourth-order valence-corrected chi connectivity index (χ4v) is 3.37. The number of fused-ring (bicyclic) bond motifs is 3. The molecule has 3 rings (SSSR count). The SMILES string of the molecule is O=C(O)CCC(NC(=O)OCC1c2ccccc2-c2ccccc21)C(F)(F)F. The number of rotatable bonds is 6. The molecule has 0 aliphatic heterocycles. The normalized spacial score (nSPS) is 14.1. The van der Waals surface area contributed by atoms with E-state index in [-0.39, 0.29) is 12.5 Å². The molecule has 2 aromatic rings. The number of carboxylic acid groups (broad SMARTS) is 1. The van der Waals surface area contributed by atoms with Crippen LogP contribution in [0.2, 0.25) is 0 Å². The average Bonchev–Trinajstić information content (AvgIpc) is 2.96. The molecule has 2 N–H and O–H groups in total. The topological polar surface area (TPSA) is 75.6 Å². The summed E-state index contributed by atoms with van der Waals surface area (Å²) in [4.78, 5) is 22.5. The standard InChI is InChI=1S/C20H18F3NO4/c21-20(22,23)17(9-10-18(25)26)24-19(27)28-11-16-14-7-3-1-5-12(14)13-6-2-4-8-15(13)16/h1-8,16-17H,9-11H2,(H,24,27)(H,25,26). The van der Waals surface area contributed by atoms with Crippen LogP contribution in [-0.4, -0.2) is 36.0 Å². The minimum absolute atomic E-state index is 0.122. The zero-order chi connectivity index (χ0) is 20.3. The van der Waals surface area contributed by atoms with Gasteiger partial charge in [0.1, 0.15) is 12.6 Å². The van der Waals surface area contributed by atoms with E-state index >= 15 is 0 Å². The van der Waals surface area contributed by atoms with Crippen molar-refractivity contribution in [3.05, 3.63) is 59.7 Å². The molecule has 0 radical (unpaired) electrons. The lowest BCUT2D eigenvalue weighted by molar-refractivity contribution is -0.158. The van der Waals surface area contributed by atoms with Crippen molar-refractivity contribution in [1.82, 2.24) is 5.32 Å². The molecule has 1 aliphatic rings. The first-order chi connectivity index (χ1) is 13.3. The summed E-state index contributed by atoms with van der Waals surface area (Å²) in [6, 6.07) is 12.9. The summed E-state index contributed by atoms with van der Waals surface area (Å²) in [7, 11) is 0. The van der Waals surface area contributed by atoms with Gasteiger partial charge in [-0.15, -0.1) is 0 Å². The molecule has 0 heterocycles. The van der Waals surface area contributed by atoms with Gasteiger partial charge in [0.25, 0.3) is 0 Å². The molecular formula is C20H18F3NO4. The lowest BCUT2D eigenvalue weighted by atomic mass is 9.98. The van der Waals surface area contributed by atoms with E-state index in [0.29, 0.717) is 0 Å². The number of halogens is 3. The summed E-state index contributed by atoms with van der Waals surface area (Å²) in [5.41, 5.74) is 3.88. The second-order valence-electron chi connectivity index (χ2n) is 6.50. The number of carbonyl (C=O) groups excluding carboxylic acids is 1. The molecule has 0 spiro atoms. The zero-order valence-electron chi connectivity index (χ0n) is 14.7. The van der Waals surface area contributed by atoms with Crippen LogP contribution in [0.25, 0.3) is 11.1 Å². The highest BCUT2D eigenvalue weighted by molar-refractivity contribution is 5.79. The molecule has 0 fully saturated rings. The monoisotopic (exact) mass is 393 g/mol. The molecule has 1 unspecified atom stereocenters. The van der Waals surface area contributed by atoms with Gasteiger partial charge in [-0.2, -0.15) is 13.2 Å². The van der Waals surface area contributed by atoms with Crippen molar-refractivity contribution in [1.29, 1.82) is 0 Å². The van der Waals surface area contributed by atoms with Gasteiger partial charge >= 0.3 is 18.2 Å². The Morgan fingerprint density at radius 2 is 1.57 bits per heavy atom. The number of carboxylic acids is 1. The minimum Gasteiger partial charge on any atom is -0.481 e. The van der Waals surface area contributed by atoms with Crippen molar-refractivity contribution in [2.24, 2.45) is 0 Å². The molecule has 8 heteroatoms. The Hall–Kier alpha value is -3.03. The molecule has 5 nitrogen and oxygen atoms in total. The third-order valence-corrected chi connectivity index (χ3v) is 4.68. The van der Waals surface area contributed by atoms with Crippen LogP contribution in [-0.2, 0) is 9.53 Å². The molecule has 1 aliphatic carbocycles. The van der Waals surface area contributed by atoms with Crippen LogP contribution >= 0.6 is 0 Å². The van der Waals surface area contributed by atoms with E-state index in [4.69, 9.17) is 9.84 Å². The van der Waals surface area contributed by atoms with E-state index < -0.39 is 37.1 Å². The van der Waals surface area contributed by atoms with E-state index in [0.717, 1.165) is 22.3 Å². The maximum Gasteiger partial charge on any atom is 0.408 e. The molecule has 0 bridgehead atoms. The Bertz CT molecular complexity index is 836. The number of ether oxygens (including phenoxy) is 1. The maximum absolute atomic E-state index is 13.0. The van der Waals surface area contributed by atoms with Gasteiger partial charge in [0.05, 0.1) is 0 Å². The Morgan fingerprint density at radius 1 is 1.04 bits per heavy atom. The summed E-state index contributed by atoms with van der Waals surface area (Å²) in [6.07, 6.45) is -7.47. The van der Waals surface area contributed by atoms with Crippen molar-refractivity contribution in [2.45, 2.75) is 31.0 Å². The highest BCUT2D eigenvalue weighted by atomic mass is 19.4.